The highest BCUT2D eigenvalue weighted by Gasteiger charge is 2.40. The summed E-state index contributed by atoms with van der Waals surface area (Å²) in [5, 5.41) is 56.4. The number of nitrogens with one attached hydrogen (secondary N) is 1. The van der Waals surface area contributed by atoms with Crippen LogP contribution in [-0.4, -0.2) is 156 Å². The third-order valence-electron chi connectivity index (χ3n) is 23.3. The molecule has 0 radical (unpaired) electrons. The summed E-state index contributed by atoms with van der Waals surface area (Å²) in [7, 11) is 0. The van der Waals surface area contributed by atoms with Crippen LogP contribution < -0.4 is 24.9 Å². The molecule has 16 aromatic rings. The Balaban J connectivity index is 0.000000115. The van der Waals surface area contributed by atoms with Gasteiger partial charge in [0.25, 0.3) is 17.7 Å². The summed E-state index contributed by atoms with van der Waals surface area (Å²) in [4.78, 5) is 30.8. The lowest BCUT2D eigenvalue weighted by atomic mass is 9.97. The minimum absolute atomic E-state index is 0.0159. The molecule has 5 aliphatic heterocycles. The van der Waals surface area contributed by atoms with Crippen molar-refractivity contribution in [1.82, 2.24) is 109 Å². The Morgan fingerprint density at radius 1 is 0.391 bits per heavy atom. The molecule has 128 heavy (non-hydrogen) atoms. The molecule has 5 saturated heterocycles. The first-order valence-corrected chi connectivity index (χ1v) is 43.0. The molecule has 3 aromatic carbocycles. The van der Waals surface area contributed by atoms with Crippen molar-refractivity contribution in [2.24, 2.45) is 0 Å². The number of aromatic nitrogens is 21. The smallest absolute Gasteiger partial charge is 0.253 e. The SMILES string of the molecule is CC(C)(C)c1nnc(-c2cnn3ccc(N4C[C@@H](F)C[C@@H]4c4cc(F)ccc4F)nc23)o1.CC(C)(C)c1nnc(-c2cnn3ccc(N4C[C@@H](F)C[C@@H]4c4cc(F)ccc4F)nc23)o1.Cc1ncc(F)cc1C1CCCN1c1ccn2ncc(-c3nnc(C(C)(C)C)o3)c2n1.Fc1ccc(F)c([C@H]2CCCN2c2ccn3ncc(-c4nnc(C5CCNCC5)s4)c3n2)c1. The van der Waals surface area contributed by atoms with E-state index >= 15 is 0 Å². The van der Waals surface area contributed by atoms with E-state index in [0.717, 1.165) is 146 Å². The number of nitrogens with zero attached hydrogens (tertiary/aromatic N) is 25. The fraction of sp³-hybridized carbons (Fsp3) is 0.382. The van der Waals surface area contributed by atoms with E-state index in [4.69, 9.17) is 23.2 Å². The van der Waals surface area contributed by atoms with Crippen LogP contribution in [0, 0.1) is 47.6 Å². The van der Waals surface area contributed by atoms with Gasteiger partial charge in [-0.1, -0.05) is 73.7 Å². The van der Waals surface area contributed by atoms with Crippen LogP contribution in [0.5, 0.6) is 0 Å². The van der Waals surface area contributed by atoms with Crippen molar-refractivity contribution in [3.8, 4) is 44.9 Å². The van der Waals surface area contributed by atoms with Crippen molar-refractivity contribution in [3.05, 3.63) is 232 Å². The number of anilines is 4. The largest absolute Gasteiger partial charge is 0.420 e. The molecular formula is C89H89F9N26O3S. The van der Waals surface area contributed by atoms with Crippen LogP contribution >= 0.6 is 11.3 Å². The van der Waals surface area contributed by atoms with Gasteiger partial charge >= 0.3 is 0 Å². The van der Waals surface area contributed by atoms with E-state index in [2.05, 4.69) is 91.3 Å². The quantitative estimate of drug-likeness (QED) is 0.105. The number of hydrogen-bond donors (Lipinski definition) is 1. The summed E-state index contributed by atoms with van der Waals surface area (Å²) in [6, 6.07) is 17.2. The molecule has 6 atom stereocenters. The van der Waals surface area contributed by atoms with E-state index in [1.54, 1.807) is 94.6 Å². The third-order valence-corrected chi connectivity index (χ3v) is 24.4. The molecular weight excluding hydrogens is 1680 g/mol. The number of pyridine rings is 1. The number of piperidine rings is 1. The first kappa shape index (κ1) is 85.6. The van der Waals surface area contributed by atoms with Crippen molar-refractivity contribution in [3.63, 3.8) is 0 Å². The minimum atomic E-state index is -1.20. The number of hydrogen-bond acceptors (Lipinski definition) is 26. The van der Waals surface area contributed by atoms with Crippen LogP contribution in [-0.2, 0) is 16.2 Å². The van der Waals surface area contributed by atoms with Gasteiger partial charge in [-0.25, -0.2) is 77.5 Å². The molecule has 0 saturated carbocycles. The number of fused-ring (bicyclic) bond motifs is 4. The van der Waals surface area contributed by atoms with Gasteiger partial charge in [-0.05, 0) is 149 Å². The van der Waals surface area contributed by atoms with Gasteiger partial charge in [0, 0.05) is 95.3 Å². The average molecular weight is 1770 g/mol. The maximum Gasteiger partial charge on any atom is 0.253 e. The second kappa shape index (κ2) is 34.5. The summed E-state index contributed by atoms with van der Waals surface area (Å²) in [5.41, 5.74) is 6.22. The molecule has 662 valence electrons. The van der Waals surface area contributed by atoms with E-state index in [1.165, 1.54) is 18.3 Å². The van der Waals surface area contributed by atoms with E-state index in [9.17, 15) is 39.5 Å². The highest BCUT2D eigenvalue weighted by molar-refractivity contribution is 7.14. The Bertz CT molecular complexity index is 6540. The van der Waals surface area contributed by atoms with Gasteiger partial charge in [-0.15, -0.1) is 40.8 Å². The van der Waals surface area contributed by atoms with Gasteiger partial charge in [-0.3, -0.25) is 4.98 Å². The molecule has 21 rings (SSSR count). The molecule has 39 heteroatoms. The summed E-state index contributed by atoms with van der Waals surface area (Å²) >= 11 is 1.60. The molecule has 18 heterocycles. The Kier molecular flexibility index (Phi) is 23.1. The first-order valence-electron chi connectivity index (χ1n) is 42.2. The average Bonchev–Trinajstić information content (AvgIpc) is 1.62. The maximum absolute atomic E-state index is 14.5. The predicted molar refractivity (Wildman–Crippen MR) is 458 cm³/mol. The van der Waals surface area contributed by atoms with Crippen molar-refractivity contribution in [2.45, 2.75) is 179 Å². The number of benzene rings is 3. The van der Waals surface area contributed by atoms with Crippen LogP contribution in [0.1, 0.15) is 194 Å². The van der Waals surface area contributed by atoms with Crippen LogP contribution in [0.4, 0.5) is 62.8 Å². The lowest BCUT2D eigenvalue weighted by Gasteiger charge is -2.27. The molecule has 0 aliphatic carbocycles. The van der Waals surface area contributed by atoms with Gasteiger partial charge in [-0.2, -0.15) is 20.4 Å². The molecule has 1 N–H and O–H groups in total. The van der Waals surface area contributed by atoms with Gasteiger partial charge in [0.2, 0.25) is 17.7 Å². The molecule has 13 aromatic heterocycles. The van der Waals surface area contributed by atoms with E-state index < -0.39 is 59.3 Å². The second-order valence-corrected chi connectivity index (χ2v) is 36.4. The molecule has 0 spiro atoms. The van der Waals surface area contributed by atoms with Crippen molar-refractivity contribution in [2.75, 3.05) is 58.9 Å². The van der Waals surface area contributed by atoms with Gasteiger partial charge in [0.15, 0.2) is 27.6 Å². The summed E-state index contributed by atoms with van der Waals surface area (Å²) in [5.74, 6) is 1.81. The Hall–Kier alpha value is -13.2. The van der Waals surface area contributed by atoms with E-state index in [1.807, 2.05) is 93.8 Å². The lowest BCUT2D eigenvalue weighted by molar-refractivity contribution is 0.355. The third kappa shape index (κ3) is 17.4. The van der Waals surface area contributed by atoms with Crippen molar-refractivity contribution < 1.29 is 52.8 Å². The van der Waals surface area contributed by atoms with Crippen LogP contribution in [0.15, 0.2) is 154 Å². The van der Waals surface area contributed by atoms with E-state index in [-0.39, 0.29) is 83.0 Å². The molecule has 0 bridgehead atoms. The zero-order valence-electron chi connectivity index (χ0n) is 71.4. The normalized spacial score (nSPS) is 18.8. The number of halogens is 9. The zero-order chi connectivity index (χ0) is 89.4. The highest BCUT2D eigenvalue weighted by atomic mass is 32.1. The Labute approximate surface area is 731 Å². The van der Waals surface area contributed by atoms with Gasteiger partial charge in [0.05, 0.1) is 73.8 Å². The topological polar surface area (TPSA) is 301 Å². The molecule has 1 unspecified atom stereocenters. The molecule has 5 fully saturated rings. The molecule has 5 aliphatic rings. The maximum atomic E-state index is 14.5. The number of aryl methyl sites for hydroxylation is 1. The number of alkyl halides is 2. The van der Waals surface area contributed by atoms with Crippen LogP contribution in [0.3, 0.4) is 0 Å². The van der Waals surface area contributed by atoms with Crippen molar-refractivity contribution in [1.29, 1.82) is 0 Å². The standard InChI is InChI=1S/C23H23F2N7S.2C22H21F3N6O.C22H24FN7O/c24-15-3-4-18(25)16(12-15)19-2-1-10-31(19)20-7-11-32-21(28-20)17(13-27-32)23-30-29-22(33-23)14-5-8-26-9-6-14;2*1-22(2,3)21-29-28-20(32-21)15-10-26-31-7-6-18(27-19(15)31)30-11-13(24)9-17(30)14-8-12(23)4-5-16(14)25;1-13-15(10-14(23)11-24-13)17-6-5-8-29(17)18-7-9-30-19(26-18)16(12-25-30)20-27-28-21(31-20)22(2,3)4/h3-4,7,11-14,19,26H,1-2,5-6,8-10H2;2*4-8,10,13,17H,9,11H2,1-3H3;7,9-12,17H,5-6,8H2,1-4H3/t19-;2*13-,17+;/m100./s1. The van der Waals surface area contributed by atoms with Crippen molar-refractivity contribution >= 4 is 57.2 Å². The van der Waals surface area contributed by atoms with E-state index in [0.29, 0.717) is 86.0 Å². The Morgan fingerprint density at radius 3 is 1.14 bits per heavy atom. The second-order valence-electron chi connectivity index (χ2n) is 35.4. The molecule has 29 nitrogen and oxygen atoms in total. The van der Waals surface area contributed by atoms with Gasteiger partial charge < -0.3 is 38.2 Å². The fourth-order valence-corrected chi connectivity index (χ4v) is 17.7. The fourth-order valence-electron chi connectivity index (χ4n) is 16.7. The highest BCUT2D eigenvalue weighted by Crippen LogP contribution is 2.45. The molecule has 0 amide bonds. The number of rotatable bonds is 13. The summed E-state index contributed by atoms with van der Waals surface area (Å²) in [6.45, 7) is 23.4. The van der Waals surface area contributed by atoms with Gasteiger partial charge in [0.1, 0.15) is 98.0 Å². The Morgan fingerprint density at radius 2 is 0.750 bits per heavy atom. The van der Waals surface area contributed by atoms with Crippen LogP contribution in [0.25, 0.3) is 67.5 Å². The minimum Gasteiger partial charge on any atom is -0.420 e. The summed E-state index contributed by atoms with van der Waals surface area (Å²) in [6.07, 6.45) is 18.3. The predicted octanol–water partition coefficient (Wildman–Crippen LogP) is 17.9. The zero-order valence-corrected chi connectivity index (χ0v) is 72.3. The first-order chi connectivity index (χ1) is 61.4. The lowest BCUT2D eigenvalue weighted by Crippen LogP contribution is -2.26. The summed E-state index contributed by atoms with van der Waals surface area (Å²) < 4.78 is 152. The monoisotopic (exact) mass is 1770 g/mol. The van der Waals surface area contributed by atoms with Crippen LogP contribution in [0.2, 0.25) is 0 Å².